The standard InChI is InChI=1S/C32H46FN7O4/c1-4-15-40-29(13-14-34-40)39(22-41)30(24-9-7-6-8-10-24)31(43)36-26-12-11-23(20-25(26)33)21-27(35-28(42)5-2)32(44)38-18-16-37(3)17-19-38/h11-14,20,22,24,27,30H,4-10,15-19,21H2,1-3H3,(H,35,42)(H,36,43)/t27-,30+/m1/s1. The number of likely N-dealkylation sites (N-methyl/N-ethyl adjacent to an activating group) is 1. The van der Waals surface area contributed by atoms with Crippen molar-refractivity contribution in [3.05, 3.63) is 41.8 Å². The van der Waals surface area contributed by atoms with E-state index in [0.29, 0.717) is 37.4 Å². The van der Waals surface area contributed by atoms with Crippen LogP contribution in [0.3, 0.4) is 0 Å². The van der Waals surface area contributed by atoms with Gasteiger partial charge in [0, 0.05) is 51.6 Å². The van der Waals surface area contributed by atoms with Gasteiger partial charge in [0.2, 0.25) is 24.1 Å². The Bertz CT molecular complexity index is 1290. The fourth-order valence-corrected chi connectivity index (χ4v) is 6.18. The van der Waals surface area contributed by atoms with Gasteiger partial charge < -0.3 is 20.4 Å². The molecule has 11 nitrogen and oxygen atoms in total. The minimum atomic E-state index is -0.825. The average Bonchev–Trinajstić information content (AvgIpc) is 3.49. The van der Waals surface area contributed by atoms with E-state index in [1.54, 1.807) is 34.8 Å². The van der Waals surface area contributed by atoms with Crippen LogP contribution in [0.1, 0.15) is 64.4 Å². The van der Waals surface area contributed by atoms with Gasteiger partial charge >= 0.3 is 0 Å². The Hall–Kier alpha value is -3.80. The molecule has 240 valence electrons. The molecule has 4 rings (SSSR count). The number of carbonyl (C=O) groups excluding carboxylic acids is 4. The molecule has 2 atom stereocenters. The highest BCUT2D eigenvalue weighted by Crippen LogP contribution is 2.32. The lowest BCUT2D eigenvalue weighted by Gasteiger charge is -2.35. The molecule has 1 aromatic carbocycles. The third-order valence-corrected chi connectivity index (χ3v) is 8.67. The molecule has 0 bridgehead atoms. The first-order valence-corrected chi connectivity index (χ1v) is 15.9. The lowest BCUT2D eigenvalue weighted by molar-refractivity contribution is -0.137. The van der Waals surface area contributed by atoms with Crippen LogP contribution in [-0.4, -0.2) is 89.0 Å². The van der Waals surface area contributed by atoms with Crippen molar-refractivity contribution in [2.24, 2.45) is 5.92 Å². The number of nitrogens with zero attached hydrogens (tertiary/aromatic N) is 5. The Labute approximate surface area is 259 Å². The summed E-state index contributed by atoms with van der Waals surface area (Å²) in [5.41, 5.74) is 0.512. The van der Waals surface area contributed by atoms with Crippen molar-refractivity contribution in [3.63, 3.8) is 0 Å². The summed E-state index contributed by atoms with van der Waals surface area (Å²) in [5, 5.41) is 9.88. The number of halogens is 1. The third kappa shape index (κ3) is 8.22. The van der Waals surface area contributed by atoms with Crippen molar-refractivity contribution in [2.75, 3.05) is 43.4 Å². The second kappa shape index (κ2) is 15.8. The second-order valence-electron chi connectivity index (χ2n) is 11.9. The Morgan fingerprint density at radius 2 is 1.82 bits per heavy atom. The van der Waals surface area contributed by atoms with Gasteiger partial charge in [-0.15, -0.1) is 0 Å². The minimum Gasteiger partial charge on any atom is -0.344 e. The zero-order valence-corrected chi connectivity index (χ0v) is 26.1. The first kappa shape index (κ1) is 33.1. The van der Waals surface area contributed by atoms with Gasteiger partial charge in [-0.25, -0.2) is 9.07 Å². The number of carbonyl (C=O) groups is 4. The monoisotopic (exact) mass is 611 g/mol. The fourth-order valence-electron chi connectivity index (χ4n) is 6.18. The molecule has 1 aliphatic heterocycles. The molecule has 1 aromatic heterocycles. The second-order valence-corrected chi connectivity index (χ2v) is 11.9. The maximum absolute atomic E-state index is 15.5. The number of hydrogen-bond acceptors (Lipinski definition) is 6. The predicted molar refractivity (Wildman–Crippen MR) is 166 cm³/mol. The number of aromatic nitrogens is 2. The van der Waals surface area contributed by atoms with E-state index in [9.17, 15) is 19.2 Å². The maximum Gasteiger partial charge on any atom is 0.247 e. The Morgan fingerprint density at radius 1 is 1.09 bits per heavy atom. The van der Waals surface area contributed by atoms with Gasteiger partial charge in [0.25, 0.3) is 0 Å². The molecule has 4 amide bonds. The number of rotatable bonds is 13. The molecule has 2 aliphatic rings. The summed E-state index contributed by atoms with van der Waals surface area (Å²) < 4.78 is 17.2. The number of hydrogen-bond donors (Lipinski definition) is 2. The van der Waals surface area contributed by atoms with E-state index in [1.807, 2.05) is 14.0 Å². The SMILES string of the molecule is CCCn1nccc1N(C=O)[C@H](C(=O)Nc1ccc(C[C@@H](NC(=O)CC)C(=O)N2CCN(C)CC2)cc1F)C1CCCCC1. The number of anilines is 2. The summed E-state index contributed by atoms with van der Waals surface area (Å²) in [4.78, 5) is 57.2. The molecule has 2 heterocycles. The van der Waals surface area contributed by atoms with Crippen LogP contribution in [0, 0.1) is 11.7 Å². The van der Waals surface area contributed by atoms with Crippen LogP contribution < -0.4 is 15.5 Å². The summed E-state index contributed by atoms with van der Waals surface area (Å²) >= 11 is 0. The van der Waals surface area contributed by atoms with Crippen LogP contribution in [0.15, 0.2) is 30.5 Å². The smallest absolute Gasteiger partial charge is 0.247 e. The number of amides is 4. The van der Waals surface area contributed by atoms with Gasteiger partial charge in [-0.1, -0.05) is 39.2 Å². The largest absolute Gasteiger partial charge is 0.344 e. The van der Waals surface area contributed by atoms with E-state index in [1.165, 1.54) is 17.0 Å². The van der Waals surface area contributed by atoms with Crippen LogP contribution >= 0.6 is 0 Å². The van der Waals surface area contributed by atoms with Crippen LogP contribution in [0.25, 0.3) is 0 Å². The Kier molecular flexibility index (Phi) is 11.9. The third-order valence-electron chi connectivity index (χ3n) is 8.67. The molecule has 12 heteroatoms. The van der Waals surface area contributed by atoms with Crippen LogP contribution in [0.5, 0.6) is 0 Å². The number of aryl methyl sites for hydroxylation is 1. The Morgan fingerprint density at radius 3 is 2.45 bits per heavy atom. The number of benzene rings is 1. The van der Waals surface area contributed by atoms with E-state index >= 15 is 4.39 Å². The van der Waals surface area contributed by atoms with Crippen molar-refractivity contribution in [1.29, 1.82) is 0 Å². The van der Waals surface area contributed by atoms with Crippen molar-refractivity contribution in [1.82, 2.24) is 24.9 Å². The van der Waals surface area contributed by atoms with Gasteiger partial charge in [-0.2, -0.15) is 5.10 Å². The molecule has 2 fully saturated rings. The average molecular weight is 612 g/mol. The quantitative estimate of drug-likeness (QED) is 0.336. The highest BCUT2D eigenvalue weighted by atomic mass is 19.1. The van der Waals surface area contributed by atoms with E-state index < -0.39 is 23.8 Å². The van der Waals surface area contributed by atoms with Crippen molar-refractivity contribution in [2.45, 2.75) is 83.8 Å². The molecule has 2 N–H and O–H groups in total. The van der Waals surface area contributed by atoms with E-state index in [2.05, 4.69) is 20.6 Å². The van der Waals surface area contributed by atoms with Crippen LogP contribution in [0.4, 0.5) is 15.9 Å². The molecule has 44 heavy (non-hydrogen) atoms. The van der Waals surface area contributed by atoms with Gasteiger partial charge in [0.15, 0.2) is 0 Å². The van der Waals surface area contributed by atoms with Gasteiger partial charge in [-0.3, -0.25) is 24.1 Å². The van der Waals surface area contributed by atoms with Gasteiger partial charge in [-0.05, 0) is 49.9 Å². The highest BCUT2D eigenvalue weighted by molar-refractivity contribution is 6.00. The molecule has 0 spiro atoms. The normalized spacial score (nSPS) is 17.5. The lowest BCUT2D eigenvalue weighted by Crippen LogP contribution is -2.54. The Balaban J connectivity index is 1.53. The summed E-state index contributed by atoms with van der Waals surface area (Å²) in [6, 6.07) is 4.50. The summed E-state index contributed by atoms with van der Waals surface area (Å²) in [6.07, 6.45) is 8.01. The molecule has 1 aliphatic carbocycles. The molecular formula is C32H46FN7O4. The predicted octanol–water partition coefficient (Wildman–Crippen LogP) is 3.19. The van der Waals surface area contributed by atoms with E-state index in [-0.39, 0.29) is 36.3 Å². The molecule has 0 radical (unpaired) electrons. The minimum absolute atomic E-state index is 0.00740. The van der Waals surface area contributed by atoms with Gasteiger partial charge in [0.05, 0.1) is 11.9 Å². The first-order valence-electron chi connectivity index (χ1n) is 15.9. The molecule has 1 saturated carbocycles. The molecule has 0 unspecified atom stereocenters. The number of nitrogens with one attached hydrogen (secondary N) is 2. The fraction of sp³-hybridized carbons (Fsp3) is 0.594. The summed E-state index contributed by atoms with van der Waals surface area (Å²) in [5.74, 6) is -1.10. The van der Waals surface area contributed by atoms with Crippen LogP contribution in [0.2, 0.25) is 0 Å². The van der Waals surface area contributed by atoms with Gasteiger partial charge in [0.1, 0.15) is 23.7 Å². The zero-order chi connectivity index (χ0) is 31.6. The highest BCUT2D eigenvalue weighted by Gasteiger charge is 2.36. The maximum atomic E-state index is 15.5. The molecule has 1 saturated heterocycles. The lowest BCUT2D eigenvalue weighted by atomic mass is 9.82. The molecular weight excluding hydrogens is 565 g/mol. The summed E-state index contributed by atoms with van der Waals surface area (Å²) in [7, 11) is 2.00. The topological polar surface area (TPSA) is 120 Å². The molecule has 2 aromatic rings. The van der Waals surface area contributed by atoms with E-state index in [4.69, 9.17) is 0 Å². The summed E-state index contributed by atoms with van der Waals surface area (Å²) in [6.45, 7) is 6.93. The zero-order valence-electron chi connectivity index (χ0n) is 26.1. The number of piperazine rings is 1. The first-order chi connectivity index (χ1) is 21.2. The van der Waals surface area contributed by atoms with Crippen molar-refractivity contribution in [3.8, 4) is 0 Å². The van der Waals surface area contributed by atoms with Crippen molar-refractivity contribution >= 4 is 35.6 Å². The van der Waals surface area contributed by atoms with E-state index in [0.717, 1.165) is 51.6 Å². The van der Waals surface area contributed by atoms with Crippen LogP contribution in [-0.2, 0) is 32.1 Å². The van der Waals surface area contributed by atoms with Crippen molar-refractivity contribution < 1.29 is 23.6 Å².